The van der Waals surface area contributed by atoms with Crippen LogP contribution in [-0.2, 0) is 0 Å². The zero-order chi connectivity index (χ0) is 12.1. The third-order valence-electron chi connectivity index (χ3n) is 3.78. The number of carbonyl (C=O) groups excluding carboxylic acids is 1. The second-order valence-electron chi connectivity index (χ2n) is 4.99. The van der Waals surface area contributed by atoms with Crippen molar-refractivity contribution in [1.82, 2.24) is 9.88 Å². The van der Waals surface area contributed by atoms with E-state index < -0.39 is 0 Å². The Morgan fingerprint density at radius 1 is 1.47 bits per heavy atom. The van der Waals surface area contributed by atoms with Crippen LogP contribution in [0.2, 0.25) is 0 Å². The number of ketones is 1. The lowest BCUT2D eigenvalue weighted by Gasteiger charge is -2.18. The van der Waals surface area contributed by atoms with E-state index in [9.17, 15) is 4.79 Å². The van der Waals surface area contributed by atoms with Crippen molar-refractivity contribution in [3.8, 4) is 0 Å². The highest BCUT2D eigenvalue weighted by Gasteiger charge is 2.18. The number of aromatic amines is 1. The van der Waals surface area contributed by atoms with Crippen molar-refractivity contribution >= 4 is 5.78 Å². The fraction of sp³-hybridized carbons (Fsp3) is 0.643. The van der Waals surface area contributed by atoms with Crippen LogP contribution in [0, 0.1) is 5.92 Å². The highest BCUT2D eigenvalue weighted by atomic mass is 16.1. The Morgan fingerprint density at radius 2 is 2.35 bits per heavy atom. The first-order valence-electron chi connectivity index (χ1n) is 6.68. The second-order valence-corrected chi connectivity index (χ2v) is 4.99. The van der Waals surface area contributed by atoms with Crippen LogP contribution in [0.5, 0.6) is 0 Å². The molecule has 0 amide bonds. The molecule has 1 aromatic heterocycles. The fourth-order valence-electron chi connectivity index (χ4n) is 2.58. The largest absolute Gasteiger partial charge is 0.359 e. The van der Waals surface area contributed by atoms with E-state index in [4.69, 9.17) is 0 Å². The highest BCUT2D eigenvalue weighted by Crippen LogP contribution is 2.20. The molecule has 2 rings (SSSR count). The van der Waals surface area contributed by atoms with Gasteiger partial charge in [-0.3, -0.25) is 9.69 Å². The Kier molecular flexibility index (Phi) is 4.37. The molecule has 0 saturated carbocycles. The van der Waals surface area contributed by atoms with E-state index in [1.165, 1.54) is 25.7 Å². The summed E-state index contributed by atoms with van der Waals surface area (Å²) in [5.74, 6) is 1.07. The highest BCUT2D eigenvalue weighted by molar-refractivity contribution is 5.95. The van der Waals surface area contributed by atoms with E-state index in [2.05, 4.69) is 16.8 Å². The molecule has 1 saturated heterocycles. The summed E-state index contributed by atoms with van der Waals surface area (Å²) in [4.78, 5) is 17.3. The normalized spacial score (nSPS) is 22.3. The lowest BCUT2D eigenvalue weighted by atomic mass is 9.98. The van der Waals surface area contributed by atoms with E-state index >= 15 is 0 Å². The summed E-state index contributed by atoms with van der Waals surface area (Å²) >= 11 is 0. The van der Waals surface area contributed by atoms with E-state index in [0.29, 0.717) is 6.54 Å². The number of aromatic nitrogens is 1. The van der Waals surface area contributed by atoms with Gasteiger partial charge in [0.2, 0.25) is 0 Å². The quantitative estimate of drug-likeness (QED) is 0.813. The molecule has 1 aromatic rings. The molecule has 1 fully saturated rings. The topological polar surface area (TPSA) is 36.1 Å². The number of Topliss-reactive ketones (excluding diaryl/α,β-unsaturated/α-hetero) is 1. The maximum Gasteiger partial charge on any atom is 0.192 e. The van der Waals surface area contributed by atoms with E-state index in [1.807, 2.05) is 18.3 Å². The molecule has 1 unspecified atom stereocenters. The van der Waals surface area contributed by atoms with Crippen molar-refractivity contribution in [1.29, 1.82) is 0 Å². The smallest absolute Gasteiger partial charge is 0.192 e. The Balaban J connectivity index is 1.85. The molecule has 17 heavy (non-hydrogen) atoms. The summed E-state index contributed by atoms with van der Waals surface area (Å²) in [5, 5.41) is 0. The third-order valence-corrected chi connectivity index (χ3v) is 3.78. The van der Waals surface area contributed by atoms with Gasteiger partial charge in [0.15, 0.2) is 5.78 Å². The average molecular weight is 234 g/mol. The molecule has 0 aromatic carbocycles. The van der Waals surface area contributed by atoms with Crippen molar-refractivity contribution in [3.05, 3.63) is 24.0 Å². The van der Waals surface area contributed by atoms with Gasteiger partial charge in [0.05, 0.1) is 12.2 Å². The summed E-state index contributed by atoms with van der Waals surface area (Å²) in [5.41, 5.74) is 0.737. The fourth-order valence-corrected chi connectivity index (χ4v) is 2.58. The number of likely N-dealkylation sites (tertiary alicyclic amines) is 1. The van der Waals surface area contributed by atoms with E-state index in [1.54, 1.807) is 0 Å². The first kappa shape index (κ1) is 12.4. The summed E-state index contributed by atoms with van der Waals surface area (Å²) in [6.45, 7) is 4.98. The van der Waals surface area contributed by atoms with Crippen LogP contribution in [0.1, 0.15) is 43.1 Å². The van der Waals surface area contributed by atoms with Gasteiger partial charge in [0.1, 0.15) is 0 Å². The first-order chi connectivity index (χ1) is 8.29. The van der Waals surface area contributed by atoms with Crippen LogP contribution in [0.15, 0.2) is 18.3 Å². The molecular weight excluding hydrogens is 212 g/mol. The van der Waals surface area contributed by atoms with Crippen LogP contribution in [0.4, 0.5) is 0 Å². The van der Waals surface area contributed by atoms with Gasteiger partial charge in [-0.1, -0.05) is 13.3 Å². The van der Waals surface area contributed by atoms with Gasteiger partial charge in [-0.05, 0) is 50.4 Å². The van der Waals surface area contributed by atoms with Gasteiger partial charge in [0.25, 0.3) is 0 Å². The number of rotatable bonds is 4. The van der Waals surface area contributed by atoms with Gasteiger partial charge >= 0.3 is 0 Å². The summed E-state index contributed by atoms with van der Waals surface area (Å²) in [7, 11) is 0. The number of nitrogens with one attached hydrogen (secondary N) is 1. The molecule has 1 aliphatic heterocycles. The lowest BCUT2D eigenvalue weighted by molar-refractivity contribution is 0.0928. The molecule has 0 radical (unpaired) electrons. The maximum absolute atomic E-state index is 12.0. The van der Waals surface area contributed by atoms with Crippen LogP contribution in [0.3, 0.4) is 0 Å². The average Bonchev–Trinajstić information content (AvgIpc) is 2.78. The molecule has 0 bridgehead atoms. The number of nitrogens with zero attached hydrogens (tertiary/aromatic N) is 1. The first-order valence-corrected chi connectivity index (χ1v) is 6.68. The van der Waals surface area contributed by atoms with Gasteiger partial charge in [-0.15, -0.1) is 0 Å². The molecule has 1 aliphatic rings. The molecular formula is C14H22N2O. The van der Waals surface area contributed by atoms with Crippen LogP contribution < -0.4 is 0 Å². The number of hydrogen-bond acceptors (Lipinski definition) is 2. The minimum atomic E-state index is 0.213. The number of carbonyl (C=O) groups is 1. The lowest BCUT2D eigenvalue weighted by Crippen LogP contribution is -2.31. The van der Waals surface area contributed by atoms with E-state index in [-0.39, 0.29) is 5.78 Å². The van der Waals surface area contributed by atoms with Crippen molar-refractivity contribution in [2.24, 2.45) is 5.92 Å². The van der Waals surface area contributed by atoms with Crippen LogP contribution >= 0.6 is 0 Å². The second kappa shape index (κ2) is 6.01. The van der Waals surface area contributed by atoms with Gasteiger partial charge < -0.3 is 4.98 Å². The zero-order valence-corrected chi connectivity index (χ0v) is 10.6. The summed E-state index contributed by atoms with van der Waals surface area (Å²) in [6.07, 6.45) is 6.88. The van der Waals surface area contributed by atoms with Gasteiger partial charge in [-0.25, -0.2) is 0 Å². The predicted molar refractivity (Wildman–Crippen MR) is 69.2 cm³/mol. The molecule has 2 heterocycles. The minimum Gasteiger partial charge on any atom is -0.359 e. The monoisotopic (exact) mass is 234 g/mol. The zero-order valence-electron chi connectivity index (χ0n) is 10.6. The third kappa shape index (κ3) is 3.43. The Morgan fingerprint density at radius 3 is 3.06 bits per heavy atom. The van der Waals surface area contributed by atoms with Crippen LogP contribution in [-0.4, -0.2) is 35.3 Å². The standard InChI is InChI=1S/C14H22N2O/c1-2-12-5-4-9-16(10-7-12)11-14(17)13-6-3-8-15-13/h3,6,8,12,15H,2,4-5,7,9-11H2,1H3. The molecule has 3 heteroatoms. The molecule has 0 spiro atoms. The molecule has 94 valence electrons. The van der Waals surface area contributed by atoms with Crippen molar-refractivity contribution in [3.63, 3.8) is 0 Å². The SMILES string of the molecule is CCC1CCCN(CC(=O)c2ccc[nH]2)CC1. The molecule has 0 aliphatic carbocycles. The summed E-state index contributed by atoms with van der Waals surface area (Å²) in [6, 6.07) is 3.73. The van der Waals surface area contributed by atoms with Crippen molar-refractivity contribution in [2.45, 2.75) is 32.6 Å². The predicted octanol–water partition coefficient (Wildman–Crippen LogP) is 2.71. The van der Waals surface area contributed by atoms with Crippen LogP contribution in [0.25, 0.3) is 0 Å². The van der Waals surface area contributed by atoms with Gasteiger partial charge in [0, 0.05) is 6.20 Å². The van der Waals surface area contributed by atoms with Gasteiger partial charge in [-0.2, -0.15) is 0 Å². The molecule has 1 N–H and O–H groups in total. The van der Waals surface area contributed by atoms with Crippen molar-refractivity contribution < 1.29 is 4.79 Å². The summed E-state index contributed by atoms with van der Waals surface area (Å²) < 4.78 is 0. The Hall–Kier alpha value is -1.09. The Labute approximate surface area is 103 Å². The maximum atomic E-state index is 12.0. The minimum absolute atomic E-state index is 0.213. The van der Waals surface area contributed by atoms with E-state index in [0.717, 1.165) is 24.7 Å². The van der Waals surface area contributed by atoms with Crippen molar-refractivity contribution in [2.75, 3.05) is 19.6 Å². The number of H-pyrrole nitrogens is 1. The number of hydrogen-bond donors (Lipinski definition) is 1. The Bertz CT molecular complexity index is 345. The molecule has 3 nitrogen and oxygen atoms in total. The molecule has 1 atom stereocenters.